The molecule has 0 amide bonds. The zero-order valence-corrected chi connectivity index (χ0v) is 16.7. The van der Waals surface area contributed by atoms with Crippen LogP contribution in [-0.2, 0) is 6.61 Å². The zero-order valence-electron chi connectivity index (χ0n) is 16.7. The molecule has 4 rings (SSSR count). The second-order valence-electron chi connectivity index (χ2n) is 6.98. The molecule has 0 radical (unpaired) electrons. The summed E-state index contributed by atoms with van der Waals surface area (Å²) in [5.41, 5.74) is 2.79. The normalized spacial score (nSPS) is 11.3. The highest BCUT2D eigenvalue weighted by atomic mass is 16.5. The first-order valence-electron chi connectivity index (χ1n) is 9.56. The molecule has 6 heteroatoms. The van der Waals surface area contributed by atoms with Crippen molar-refractivity contribution in [1.82, 2.24) is 9.66 Å². The predicted octanol–water partition coefficient (Wildman–Crippen LogP) is 4.18. The SMILES string of the molecule is Cc1cccc(C)c1OCc1nc2ccccc2c(=O)n1/N=C\c1ccccc1O. The number of para-hydroxylation sites is 3. The van der Waals surface area contributed by atoms with Gasteiger partial charge in [-0.15, -0.1) is 0 Å². The molecule has 4 aromatic rings. The molecule has 150 valence electrons. The Hall–Kier alpha value is -3.93. The Morgan fingerprint density at radius 2 is 1.70 bits per heavy atom. The molecular weight excluding hydrogens is 378 g/mol. The van der Waals surface area contributed by atoms with Crippen molar-refractivity contribution in [1.29, 1.82) is 0 Å². The molecule has 3 aromatic carbocycles. The summed E-state index contributed by atoms with van der Waals surface area (Å²) in [5.74, 6) is 1.21. The van der Waals surface area contributed by atoms with Gasteiger partial charge in [-0.1, -0.05) is 42.5 Å². The summed E-state index contributed by atoms with van der Waals surface area (Å²) >= 11 is 0. The monoisotopic (exact) mass is 399 g/mol. The average Bonchev–Trinajstić information content (AvgIpc) is 2.74. The third-order valence-corrected chi connectivity index (χ3v) is 4.82. The quantitative estimate of drug-likeness (QED) is 0.511. The number of ether oxygens (including phenoxy) is 1. The minimum Gasteiger partial charge on any atom is -0.507 e. The lowest BCUT2D eigenvalue weighted by Crippen LogP contribution is -2.23. The molecule has 1 aromatic heterocycles. The van der Waals surface area contributed by atoms with Gasteiger partial charge in [0.15, 0.2) is 5.82 Å². The van der Waals surface area contributed by atoms with Crippen LogP contribution >= 0.6 is 0 Å². The van der Waals surface area contributed by atoms with Gasteiger partial charge < -0.3 is 9.84 Å². The Kier molecular flexibility index (Phi) is 5.30. The predicted molar refractivity (Wildman–Crippen MR) is 117 cm³/mol. The Morgan fingerprint density at radius 1 is 1.00 bits per heavy atom. The van der Waals surface area contributed by atoms with Crippen LogP contribution in [0.2, 0.25) is 0 Å². The van der Waals surface area contributed by atoms with E-state index in [-0.39, 0.29) is 17.9 Å². The second kappa shape index (κ2) is 8.21. The summed E-state index contributed by atoms with van der Waals surface area (Å²) in [4.78, 5) is 17.7. The summed E-state index contributed by atoms with van der Waals surface area (Å²) in [6, 6.07) is 19.8. The number of fused-ring (bicyclic) bond motifs is 1. The van der Waals surface area contributed by atoms with Crippen molar-refractivity contribution >= 4 is 17.1 Å². The first-order chi connectivity index (χ1) is 14.5. The smallest absolute Gasteiger partial charge is 0.282 e. The minimum atomic E-state index is -0.299. The van der Waals surface area contributed by atoms with Crippen molar-refractivity contribution in [2.45, 2.75) is 20.5 Å². The summed E-state index contributed by atoms with van der Waals surface area (Å²) in [6.07, 6.45) is 1.44. The fourth-order valence-electron chi connectivity index (χ4n) is 3.26. The Bertz CT molecular complexity index is 1290. The number of hydrogen-bond acceptors (Lipinski definition) is 5. The second-order valence-corrected chi connectivity index (χ2v) is 6.98. The largest absolute Gasteiger partial charge is 0.507 e. The van der Waals surface area contributed by atoms with Gasteiger partial charge in [0.2, 0.25) is 0 Å². The van der Waals surface area contributed by atoms with Crippen molar-refractivity contribution < 1.29 is 9.84 Å². The van der Waals surface area contributed by atoms with Crippen LogP contribution in [0.5, 0.6) is 11.5 Å². The van der Waals surface area contributed by atoms with Gasteiger partial charge in [0.1, 0.15) is 18.1 Å². The van der Waals surface area contributed by atoms with Crippen LogP contribution < -0.4 is 10.3 Å². The highest BCUT2D eigenvalue weighted by molar-refractivity contribution is 5.83. The van der Waals surface area contributed by atoms with Gasteiger partial charge in [0.25, 0.3) is 5.56 Å². The maximum absolute atomic E-state index is 13.1. The van der Waals surface area contributed by atoms with Crippen LogP contribution in [0.15, 0.2) is 76.6 Å². The van der Waals surface area contributed by atoms with Gasteiger partial charge in [-0.25, -0.2) is 4.98 Å². The molecule has 1 heterocycles. The number of benzene rings is 3. The number of rotatable bonds is 5. The molecule has 0 bridgehead atoms. The van der Waals surface area contributed by atoms with E-state index in [2.05, 4.69) is 10.1 Å². The molecule has 30 heavy (non-hydrogen) atoms. The number of aromatic nitrogens is 2. The van der Waals surface area contributed by atoms with Crippen LogP contribution in [0.25, 0.3) is 10.9 Å². The first kappa shape index (κ1) is 19.4. The molecule has 0 aliphatic carbocycles. The van der Waals surface area contributed by atoms with Crippen LogP contribution in [0, 0.1) is 13.8 Å². The van der Waals surface area contributed by atoms with E-state index >= 15 is 0 Å². The van der Waals surface area contributed by atoms with E-state index < -0.39 is 0 Å². The van der Waals surface area contributed by atoms with Crippen LogP contribution in [0.3, 0.4) is 0 Å². The van der Waals surface area contributed by atoms with E-state index in [9.17, 15) is 9.90 Å². The number of nitrogens with zero attached hydrogens (tertiary/aromatic N) is 3. The molecule has 0 unspecified atom stereocenters. The molecular formula is C24H21N3O3. The van der Waals surface area contributed by atoms with Crippen molar-refractivity contribution in [3.8, 4) is 11.5 Å². The standard InChI is InChI=1S/C24H21N3O3/c1-16-8-7-9-17(2)23(16)30-15-22-26-20-12-5-4-11-19(20)24(29)27(22)25-14-18-10-3-6-13-21(18)28/h3-14,28H,15H2,1-2H3/b25-14-. The molecule has 0 aliphatic rings. The van der Waals surface area contributed by atoms with E-state index in [0.717, 1.165) is 16.9 Å². The highest BCUT2D eigenvalue weighted by Crippen LogP contribution is 2.23. The van der Waals surface area contributed by atoms with Crippen LogP contribution in [0.4, 0.5) is 0 Å². The van der Waals surface area contributed by atoms with Crippen LogP contribution in [0.1, 0.15) is 22.5 Å². The molecule has 6 nitrogen and oxygen atoms in total. The molecule has 0 spiro atoms. The Labute approximate surface area is 173 Å². The van der Waals surface area contributed by atoms with Gasteiger partial charge in [-0.3, -0.25) is 4.79 Å². The molecule has 0 atom stereocenters. The lowest BCUT2D eigenvalue weighted by atomic mass is 10.1. The lowest BCUT2D eigenvalue weighted by Gasteiger charge is -2.14. The molecule has 0 saturated heterocycles. The van der Waals surface area contributed by atoms with Gasteiger partial charge >= 0.3 is 0 Å². The van der Waals surface area contributed by atoms with E-state index in [1.54, 1.807) is 42.5 Å². The molecule has 0 saturated carbocycles. The van der Waals surface area contributed by atoms with Gasteiger partial charge in [0, 0.05) is 5.56 Å². The van der Waals surface area contributed by atoms with Gasteiger partial charge in [-0.2, -0.15) is 9.78 Å². The fraction of sp³-hybridized carbons (Fsp3) is 0.125. The minimum absolute atomic E-state index is 0.0733. The summed E-state index contributed by atoms with van der Waals surface area (Å²) in [7, 11) is 0. The van der Waals surface area contributed by atoms with E-state index in [4.69, 9.17) is 4.74 Å². The first-order valence-corrected chi connectivity index (χ1v) is 9.56. The Balaban J connectivity index is 1.78. The Morgan fingerprint density at radius 3 is 2.47 bits per heavy atom. The highest BCUT2D eigenvalue weighted by Gasteiger charge is 2.12. The van der Waals surface area contributed by atoms with Crippen LogP contribution in [-0.4, -0.2) is 21.0 Å². The molecule has 1 N–H and O–H groups in total. The fourth-order valence-corrected chi connectivity index (χ4v) is 3.26. The van der Waals surface area contributed by atoms with Crippen molar-refractivity contribution in [3.05, 3.63) is 99.6 Å². The number of phenols is 1. The summed E-state index contributed by atoms with van der Waals surface area (Å²) in [6.45, 7) is 4.02. The maximum Gasteiger partial charge on any atom is 0.282 e. The molecule has 0 fully saturated rings. The van der Waals surface area contributed by atoms with Gasteiger partial charge in [-0.05, 0) is 49.2 Å². The third kappa shape index (κ3) is 3.80. The van der Waals surface area contributed by atoms with E-state index in [1.807, 2.05) is 38.1 Å². The maximum atomic E-state index is 13.1. The number of aryl methyl sites for hydroxylation is 2. The summed E-state index contributed by atoms with van der Waals surface area (Å²) < 4.78 is 7.25. The van der Waals surface area contributed by atoms with E-state index in [0.29, 0.717) is 22.3 Å². The van der Waals surface area contributed by atoms with E-state index in [1.165, 1.54) is 10.9 Å². The zero-order chi connectivity index (χ0) is 21.1. The topological polar surface area (TPSA) is 76.7 Å². The van der Waals surface area contributed by atoms with Crippen molar-refractivity contribution in [3.63, 3.8) is 0 Å². The molecule has 0 aliphatic heterocycles. The number of hydrogen-bond donors (Lipinski definition) is 1. The van der Waals surface area contributed by atoms with Gasteiger partial charge in [0.05, 0.1) is 17.1 Å². The number of aromatic hydroxyl groups is 1. The summed E-state index contributed by atoms with van der Waals surface area (Å²) in [5, 5.41) is 14.8. The number of phenolic OH excluding ortho intramolecular Hbond substituents is 1. The van der Waals surface area contributed by atoms with Crippen molar-refractivity contribution in [2.75, 3.05) is 0 Å². The third-order valence-electron chi connectivity index (χ3n) is 4.82. The lowest BCUT2D eigenvalue weighted by molar-refractivity contribution is 0.285. The average molecular weight is 399 g/mol. The van der Waals surface area contributed by atoms with Crippen molar-refractivity contribution in [2.24, 2.45) is 5.10 Å².